The van der Waals surface area contributed by atoms with Crippen molar-refractivity contribution in [3.8, 4) is 17.2 Å². The minimum absolute atomic E-state index is 0.112. The lowest BCUT2D eigenvalue weighted by molar-refractivity contribution is 0.158. The van der Waals surface area contributed by atoms with Crippen LogP contribution in [0, 0.1) is 17.5 Å². The Labute approximate surface area is 206 Å². The van der Waals surface area contributed by atoms with Gasteiger partial charge in [0, 0.05) is 35.7 Å². The van der Waals surface area contributed by atoms with Crippen LogP contribution in [0.2, 0.25) is 0 Å². The molecule has 0 spiro atoms. The van der Waals surface area contributed by atoms with Crippen molar-refractivity contribution in [1.29, 1.82) is 0 Å². The molecule has 3 heterocycles. The van der Waals surface area contributed by atoms with E-state index in [-0.39, 0.29) is 18.2 Å². The van der Waals surface area contributed by atoms with Gasteiger partial charge in [-0.3, -0.25) is 4.90 Å². The third kappa shape index (κ3) is 3.76. The number of hydrogen-bond acceptors (Lipinski definition) is 4. The Morgan fingerprint density at radius 3 is 2.53 bits per heavy atom. The Hall–Kier alpha value is -3.65. The van der Waals surface area contributed by atoms with Gasteiger partial charge in [0.1, 0.15) is 12.4 Å². The van der Waals surface area contributed by atoms with Gasteiger partial charge in [0.2, 0.25) is 0 Å². The molecule has 1 aromatic heterocycles. The van der Waals surface area contributed by atoms with Crippen molar-refractivity contribution in [3.05, 3.63) is 87.9 Å². The molecule has 1 unspecified atom stereocenters. The molecule has 0 amide bonds. The third-order valence-electron chi connectivity index (χ3n) is 7.29. The van der Waals surface area contributed by atoms with Crippen LogP contribution in [-0.4, -0.2) is 30.6 Å². The van der Waals surface area contributed by atoms with Crippen LogP contribution in [0.4, 0.5) is 13.2 Å². The predicted molar refractivity (Wildman–Crippen MR) is 129 cm³/mol. The van der Waals surface area contributed by atoms with Crippen molar-refractivity contribution < 1.29 is 27.4 Å². The minimum atomic E-state index is -1.49. The molecular formula is C28H25F3N2O3. The molecule has 1 N–H and O–H groups in total. The van der Waals surface area contributed by atoms with E-state index in [1.807, 2.05) is 18.2 Å². The van der Waals surface area contributed by atoms with Crippen LogP contribution >= 0.6 is 0 Å². The zero-order valence-electron chi connectivity index (χ0n) is 20.0. The highest BCUT2D eigenvalue weighted by atomic mass is 19.2. The standard InChI is InChI=1S/C28H25F3N2O3/c1-34-17-3-4-23-19(10-17)20-11-25-18-12-26(35-2)27(9-16(18)5-6-33(25)13-24(20)32-23)36-14-15-7-21(29)28(31)22(30)8-15/h3-4,7-10,12,25,32H,5-6,11,13-14H2,1-2H3. The second kappa shape index (κ2) is 8.78. The second-order valence-corrected chi connectivity index (χ2v) is 9.30. The molecule has 0 radical (unpaired) electrons. The Morgan fingerprint density at radius 2 is 1.78 bits per heavy atom. The lowest BCUT2D eigenvalue weighted by atomic mass is 9.85. The van der Waals surface area contributed by atoms with Crippen molar-refractivity contribution in [2.24, 2.45) is 0 Å². The summed E-state index contributed by atoms with van der Waals surface area (Å²) >= 11 is 0. The summed E-state index contributed by atoms with van der Waals surface area (Å²) in [6.45, 7) is 1.62. The van der Waals surface area contributed by atoms with E-state index in [0.717, 1.165) is 54.9 Å². The number of aromatic amines is 1. The van der Waals surface area contributed by atoms with Crippen LogP contribution < -0.4 is 14.2 Å². The van der Waals surface area contributed by atoms with Gasteiger partial charge in [-0.2, -0.15) is 0 Å². The number of aromatic nitrogens is 1. The number of fused-ring (bicyclic) bond motifs is 6. The largest absolute Gasteiger partial charge is 0.497 e. The van der Waals surface area contributed by atoms with Crippen LogP contribution in [-0.2, 0) is 26.0 Å². The van der Waals surface area contributed by atoms with Crippen molar-refractivity contribution >= 4 is 10.9 Å². The average Bonchev–Trinajstić information content (AvgIpc) is 3.25. The average molecular weight is 495 g/mol. The summed E-state index contributed by atoms with van der Waals surface area (Å²) in [5.74, 6) is -2.09. The van der Waals surface area contributed by atoms with Gasteiger partial charge in [-0.15, -0.1) is 0 Å². The lowest BCUT2D eigenvalue weighted by Crippen LogP contribution is -2.39. The second-order valence-electron chi connectivity index (χ2n) is 9.30. The van der Waals surface area contributed by atoms with Crippen LogP contribution in [0.15, 0.2) is 42.5 Å². The highest BCUT2D eigenvalue weighted by Crippen LogP contribution is 2.44. The summed E-state index contributed by atoms with van der Waals surface area (Å²) in [6.07, 6.45) is 1.70. The van der Waals surface area contributed by atoms with E-state index in [2.05, 4.69) is 22.0 Å². The first-order chi connectivity index (χ1) is 17.4. The van der Waals surface area contributed by atoms with E-state index < -0.39 is 17.5 Å². The van der Waals surface area contributed by atoms with Gasteiger partial charge in [-0.25, -0.2) is 13.2 Å². The summed E-state index contributed by atoms with van der Waals surface area (Å²) < 4.78 is 57.5. The fourth-order valence-electron chi connectivity index (χ4n) is 5.49. The fraction of sp³-hybridized carbons (Fsp3) is 0.286. The number of hydrogen-bond donors (Lipinski definition) is 1. The third-order valence-corrected chi connectivity index (χ3v) is 7.29. The Balaban J connectivity index is 1.31. The van der Waals surface area contributed by atoms with Crippen LogP contribution in [0.1, 0.15) is 34.0 Å². The molecule has 2 aliphatic heterocycles. The van der Waals surface area contributed by atoms with Crippen molar-refractivity contribution in [3.63, 3.8) is 0 Å². The molecule has 4 aromatic rings. The molecule has 0 fully saturated rings. The normalized spacial score (nSPS) is 16.9. The summed E-state index contributed by atoms with van der Waals surface area (Å²) in [5, 5.41) is 1.18. The number of methoxy groups -OCH3 is 2. The number of ether oxygens (including phenoxy) is 3. The van der Waals surface area contributed by atoms with E-state index >= 15 is 0 Å². The van der Waals surface area contributed by atoms with Gasteiger partial charge in [0.05, 0.1) is 14.2 Å². The van der Waals surface area contributed by atoms with Gasteiger partial charge in [-0.1, -0.05) is 0 Å². The SMILES string of the molecule is COc1ccc2[nH]c3c(c2c1)CC1c2cc(OC)c(OCc4cc(F)c(F)c(F)c4)cc2CCN1C3. The van der Waals surface area contributed by atoms with Crippen LogP contribution in [0.5, 0.6) is 17.2 Å². The highest BCUT2D eigenvalue weighted by Gasteiger charge is 2.34. The van der Waals surface area contributed by atoms with E-state index in [0.29, 0.717) is 11.5 Å². The summed E-state index contributed by atoms with van der Waals surface area (Å²) in [7, 11) is 3.24. The molecule has 0 bridgehead atoms. The molecule has 36 heavy (non-hydrogen) atoms. The summed E-state index contributed by atoms with van der Waals surface area (Å²) in [6, 6.07) is 12.1. The molecule has 1 atom stereocenters. The predicted octanol–water partition coefficient (Wildman–Crippen LogP) is 5.84. The first-order valence-corrected chi connectivity index (χ1v) is 11.8. The van der Waals surface area contributed by atoms with E-state index in [1.165, 1.54) is 22.2 Å². The fourth-order valence-corrected chi connectivity index (χ4v) is 5.49. The molecule has 5 nitrogen and oxygen atoms in total. The van der Waals surface area contributed by atoms with Gasteiger partial charge >= 0.3 is 0 Å². The number of H-pyrrole nitrogens is 1. The monoisotopic (exact) mass is 494 g/mol. The molecule has 0 aliphatic carbocycles. The number of halogens is 3. The molecule has 0 saturated carbocycles. The topological polar surface area (TPSA) is 46.7 Å². The minimum Gasteiger partial charge on any atom is -0.497 e. The number of rotatable bonds is 5. The molecule has 6 rings (SSSR count). The summed E-state index contributed by atoms with van der Waals surface area (Å²) in [5.41, 5.74) is 6.20. The Kier molecular flexibility index (Phi) is 5.56. The highest BCUT2D eigenvalue weighted by molar-refractivity contribution is 5.86. The lowest BCUT2D eigenvalue weighted by Gasteiger charge is -2.40. The maximum absolute atomic E-state index is 13.6. The molecule has 186 valence electrons. The molecule has 3 aromatic carbocycles. The van der Waals surface area contributed by atoms with Crippen molar-refractivity contribution in [2.45, 2.75) is 32.0 Å². The van der Waals surface area contributed by atoms with E-state index in [4.69, 9.17) is 14.2 Å². The molecule has 0 saturated heterocycles. The zero-order valence-corrected chi connectivity index (χ0v) is 20.0. The van der Waals surface area contributed by atoms with Crippen molar-refractivity contribution in [1.82, 2.24) is 9.88 Å². The van der Waals surface area contributed by atoms with Crippen LogP contribution in [0.3, 0.4) is 0 Å². The maximum atomic E-state index is 13.6. The molecular weight excluding hydrogens is 469 g/mol. The van der Waals surface area contributed by atoms with E-state index in [1.54, 1.807) is 14.2 Å². The quantitative estimate of drug-likeness (QED) is 0.354. The number of benzene rings is 3. The maximum Gasteiger partial charge on any atom is 0.194 e. The van der Waals surface area contributed by atoms with Crippen molar-refractivity contribution in [2.75, 3.05) is 20.8 Å². The van der Waals surface area contributed by atoms with Crippen LogP contribution in [0.25, 0.3) is 10.9 Å². The smallest absolute Gasteiger partial charge is 0.194 e. The number of nitrogens with one attached hydrogen (secondary N) is 1. The van der Waals surface area contributed by atoms with Gasteiger partial charge < -0.3 is 19.2 Å². The van der Waals surface area contributed by atoms with Gasteiger partial charge in [0.15, 0.2) is 29.0 Å². The number of nitrogens with zero attached hydrogens (tertiary/aromatic N) is 1. The zero-order chi connectivity index (χ0) is 25.0. The van der Waals surface area contributed by atoms with E-state index in [9.17, 15) is 13.2 Å². The van der Waals surface area contributed by atoms with Gasteiger partial charge in [0.25, 0.3) is 0 Å². The first-order valence-electron chi connectivity index (χ1n) is 11.8. The Morgan fingerprint density at radius 1 is 0.972 bits per heavy atom. The molecule has 8 heteroatoms. The molecule has 2 aliphatic rings. The van der Waals surface area contributed by atoms with Gasteiger partial charge in [-0.05, 0) is 77.6 Å². The summed E-state index contributed by atoms with van der Waals surface area (Å²) in [4.78, 5) is 6.05. The first kappa shape index (κ1) is 22.8. The Bertz CT molecular complexity index is 1460.